The molecule has 0 saturated heterocycles. The lowest BCUT2D eigenvalue weighted by Crippen LogP contribution is -2.19. The van der Waals surface area contributed by atoms with Gasteiger partial charge in [-0.05, 0) is 19.3 Å². The fourth-order valence-corrected chi connectivity index (χ4v) is 4.14. The average Bonchev–Trinajstić information content (AvgIpc) is 3.06. The molecular weight excluding hydrogens is 424 g/mol. The first-order valence-corrected chi connectivity index (χ1v) is 12.8. The predicted molar refractivity (Wildman–Crippen MR) is 126 cm³/mol. The molecule has 2 N–H and O–H groups in total. The molecule has 0 aromatic carbocycles. The maximum atomic E-state index is 12.3. The summed E-state index contributed by atoms with van der Waals surface area (Å²) in [6.45, 7) is 4.37. The first-order valence-electron chi connectivity index (χ1n) is 12.8. The van der Waals surface area contributed by atoms with E-state index in [0.717, 1.165) is 51.4 Å². The Kier molecular flexibility index (Phi) is 15.7. The molecule has 0 unspecified atom stereocenters. The van der Waals surface area contributed by atoms with Gasteiger partial charge in [0, 0.05) is 37.5 Å². The van der Waals surface area contributed by atoms with Crippen LogP contribution in [0.25, 0.3) is 0 Å². The number of aliphatic hydroxyl groups excluding tert-OH is 2. The third-order valence-electron chi connectivity index (χ3n) is 6.14. The minimum absolute atomic E-state index is 0.103. The van der Waals surface area contributed by atoms with E-state index in [9.17, 15) is 24.6 Å². The Labute approximate surface area is 198 Å². The van der Waals surface area contributed by atoms with E-state index in [1.54, 1.807) is 13.0 Å². The van der Waals surface area contributed by atoms with Crippen LogP contribution in [-0.2, 0) is 23.9 Å². The van der Waals surface area contributed by atoms with E-state index >= 15 is 0 Å². The molecule has 0 amide bonds. The van der Waals surface area contributed by atoms with Crippen molar-refractivity contribution in [3.8, 4) is 0 Å². The van der Waals surface area contributed by atoms with Gasteiger partial charge in [0.1, 0.15) is 5.78 Å². The van der Waals surface area contributed by atoms with Gasteiger partial charge in [0.15, 0.2) is 0 Å². The Balaban J connectivity index is 2.19. The maximum Gasteiger partial charge on any atom is 0.305 e. The van der Waals surface area contributed by atoms with Crippen LogP contribution in [0.3, 0.4) is 0 Å². The Morgan fingerprint density at radius 3 is 2.39 bits per heavy atom. The molecule has 4 atom stereocenters. The molecule has 0 heterocycles. The SMILES string of the molecule is CCCCC[C@H](O)/C=C/[C@H]1[C@H](O)CC(=O)[C@@H]1CCCCCCC(=O)OCCCOC(=O)CC. The number of carbonyl (C=O) groups excluding carboxylic acids is 3. The highest BCUT2D eigenvalue weighted by Gasteiger charge is 2.39. The summed E-state index contributed by atoms with van der Waals surface area (Å²) in [7, 11) is 0. The lowest BCUT2D eigenvalue weighted by atomic mass is 9.88. The van der Waals surface area contributed by atoms with Gasteiger partial charge in [0.2, 0.25) is 0 Å². The van der Waals surface area contributed by atoms with Gasteiger partial charge in [-0.25, -0.2) is 0 Å². The number of rotatable bonds is 18. The van der Waals surface area contributed by atoms with Gasteiger partial charge in [-0.15, -0.1) is 0 Å². The first kappa shape index (κ1) is 29.3. The van der Waals surface area contributed by atoms with E-state index < -0.39 is 12.2 Å². The Hall–Kier alpha value is -1.73. The highest BCUT2D eigenvalue weighted by Crippen LogP contribution is 2.34. The molecule has 1 rings (SSSR count). The predicted octanol–water partition coefficient (Wildman–Crippen LogP) is 4.28. The lowest BCUT2D eigenvalue weighted by molar-refractivity contribution is -0.146. The first-order chi connectivity index (χ1) is 15.9. The molecule has 190 valence electrons. The van der Waals surface area contributed by atoms with Crippen molar-refractivity contribution in [2.45, 2.75) is 110 Å². The number of hydrogen-bond donors (Lipinski definition) is 2. The van der Waals surface area contributed by atoms with Crippen molar-refractivity contribution in [3.05, 3.63) is 12.2 Å². The second kappa shape index (κ2) is 17.7. The normalized spacial score (nSPS) is 21.5. The summed E-state index contributed by atoms with van der Waals surface area (Å²) in [5.74, 6) is -0.798. The zero-order chi connectivity index (χ0) is 24.5. The van der Waals surface area contributed by atoms with E-state index in [2.05, 4.69) is 6.92 Å². The second-order valence-electron chi connectivity index (χ2n) is 8.97. The molecule has 0 bridgehead atoms. The molecule has 0 radical (unpaired) electrons. The molecule has 0 aromatic rings. The monoisotopic (exact) mass is 468 g/mol. The maximum absolute atomic E-state index is 12.3. The largest absolute Gasteiger partial charge is 0.466 e. The Morgan fingerprint density at radius 2 is 1.70 bits per heavy atom. The van der Waals surface area contributed by atoms with E-state index in [1.807, 2.05) is 6.08 Å². The van der Waals surface area contributed by atoms with Crippen molar-refractivity contribution in [1.29, 1.82) is 0 Å². The average molecular weight is 469 g/mol. The standard InChI is InChI=1S/C26H44O7/c1-3-5-8-12-20(27)15-16-22-21(23(28)19-24(22)29)13-9-6-7-10-14-26(31)33-18-11-17-32-25(30)4-2/h15-16,20-22,24,27,29H,3-14,17-19H2,1-2H3/b16-15+/t20-,21+,22+,24+/m0/s1. The molecule has 0 aromatic heterocycles. The van der Waals surface area contributed by atoms with Gasteiger partial charge in [0.05, 0.1) is 25.4 Å². The van der Waals surface area contributed by atoms with E-state index in [1.165, 1.54) is 0 Å². The quantitative estimate of drug-likeness (QED) is 0.175. The number of aliphatic hydroxyl groups is 2. The molecule has 33 heavy (non-hydrogen) atoms. The third-order valence-corrected chi connectivity index (χ3v) is 6.14. The van der Waals surface area contributed by atoms with Crippen molar-refractivity contribution in [1.82, 2.24) is 0 Å². The van der Waals surface area contributed by atoms with Crippen LogP contribution in [0.1, 0.15) is 97.3 Å². The zero-order valence-electron chi connectivity index (χ0n) is 20.5. The van der Waals surface area contributed by atoms with E-state index in [0.29, 0.717) is 25.7 Å². The summed E-state index contributed by atoms with van der Waals surface area (Å²) < 4.78 is 10.1. The van der Waals surface area contributed by atoms with Crippen molar-refractivity contribution < 1.29 is 34.1 Å². The molecular formula is C26H44O7. The fraction of sp³-hybridized carbons (Fsp3) is 0.808. The lowest BCUT2D eigenvalue weighted by Gasteiger charge is -2.18. The third kappa shape index (κ3) is 12.9. The van der Waals surface area contributed by atoms with Crippen LogP contribution < -0.4 is 0 Å². The van der Waals surface area contributed by atoms with Crippen LogP contribution >= 0.6 is 0 Å². The van der Waals surface area contributed by atoms with Gasteiger partial charge in [0.25, 0.3) is 0 Å². The number of carbonyl (C=O) groups is 3. The zero-order valence-corrected chi connectivity index (χ0v) is 20.5. The Bertz CT molecular complexity index is 601. The van der Waals surface area contributed by atoms with Crippen molar-refractivity contribution in [3.63, 3.8) is 0 Å². The van der Waals surface area contributed by atoms with Crippen molar-refractivity contribution in [2.75, 3.05) is 13.2 Å². The number of Topliss-reactive ketones (excluding diaryl/α,β-unsaturated/α-hetero) is 1. The smallest absolute Gasteiger partial charge is 0.305 e. The molecule has 0 spiro atoms. The summed E-state index contributed by atoms with van der Waals surface area (Å²) in [6.07, 6.45) is 11.8. The van der Waals surface area contributed by atoms with Gasteiger partial charge >= 0.3 is 11.9 Å². The fourth-order valence-electron chi connectivity index (χ4n) is 4.14. The second-order valence-corrected chi connectivity index (χ2v) is 8.97. The molecule has 7 nitrogen and oxygen atoms in total. The number of hydrogen-bond acceptors (Lipinski definition) is 7. The van der Waals surface area contributed by atoms with Crippen LogP contribution in [-0.4, -0.2) is 53.4 Å². The summed E-state index contributed by atoms with van der Waals surface area (Å²) in [5.41, 5.74) is 0. The van der Waals surface area contributed by atoms with Crippen molar-refractivity contribution >= 4 is 17.7 Å². The van der Waals surface area contributed by atoms with Gasteiger partial charge in [-0.2, -0.15) is 0 Å². The summed E-state index contributed by atoms with van der Waals surface area (Å²) in [4.78, 5) is 35.1. The highest BCUT2D eigenvalue weighted by molar-refractivity contribution is 5.84. The molecule has 1 fully saturated rings. The number of ether oxygens (including phenoxy) is 2. The topological polar surface area (TPSA) is 110 Å². The minimum atomic E-state index is -0.665. The molecule has 1 aliphatic rings. The van der Waals surface area contributed by atoms with Gasteiger partial charge in [-0.1, -0.05) is 64.5 Å². The number of ketones is 1. The molecule has 1 saturated carbocycles. The highest BCUT2D eigenvalue weighted by atomic mass is 16.5. The van der Waals surface area contributed by atoms with Crippen LogP contribution in [0.15, 0.2) is 12.2 Å². The van der Waals surface area contributed by atoms with Crippen LogP contribution in [0.4, 0.5) is 0 Å². The van der Waals surface area contributed by atoms with E-state index in [4.69, 9.17) is 9.47 Å². The summed E-state index contributed by atoms with van der Waals surface area (Å²) in [5, 5.41) is 20.4. The number of esters is 2. The molecule has 7 heteroatoms. The number of unbranched alkanes of at least 4 members (excludes halogenated alkanes) is 5. The Morgan fingerprint density at radius 1 is 1.00 bits per heavy atom. The van der Waals surface area contributed by atoms with Crippen LogP contribution in [0.5, 0.6) is 0 Å². The summed E-state index contributed by atoms with van der Waals surface area (Å²) in [6, 6.07) is 0. The van der Waals surface area contributed by atoms with Crippen molar-refractivity contribution in [2.24, 2.45) is 11.8 Å². The summed E-state index contributed by atoms with van der Waals surface area (Å²) >= 11 is 0. The van der Waals surface area contributed by atoms with Gasteiger partial charge in [-0.3, -0.25) is 14.4 Å². The van der Waals surface area contributed by atoms with E-state index in [-0.39, 0.29) is 49.2 Å². The molecule has 1 aliphatic carbocycles. The van der Waals surface area contributed by atoms with Crippen LogP contribution in [0, 0.1) is 11.8 Å². The molecule has 0 aliphatic heterocycles. The van der Waals surface area contributed by atoms with Crippen LogP contribution in [0.2, 0.25) is 0 Å². The van der Waals surface area contributed by atoms with Gasteiger partial charge < -0.3 is 19.7 Å². The minimum Gasteiger partial charge on any atom is -0.466 e.